The van der Waals surface area contributed by atoms with E-state index in [0.29, 0.717) is 0 Å². The molecule has 0 heterocycles. The van der Waals surface area contributed by atoms with Crippen LogP contribution in [0.15, 0.2) is 36.1 Å². The largest absolute Gasteiger partial charge is 0.465 e. The van der Waals surface area contributed by atoms with Crippen LogP contribution in [0.2, 0.25) is 0 Å². The van der Waals surface area contributed by atoms with Crippen molar-refractivity contribution in [3.05, 3.63) is 41.7 Å². The van der Waals surface area contributed by atoms with Crippen LogP contribution in [0.25, 0.3) is 0 Å². The molecule has 0 saturated heterocycles. The summed E-state index contributed by atoms with van der Waals surface area (Å²) in [6, 6.07) is 8.38. The summed E-state index contributed by atoms with van der Waals surface area (Å²) in [6.45, 7) is 4.45. The highest BCUT2D eigenvalue weighted by atomic mass is 16.5. The Bertz CT molecular complexity index is 433. The Hall–Kier alpha value is -1.24. The second-order valence-corrected chi connectivity index (χ2v) is 5.86. The summed E-state index contributed by atoms with van der Waals surface area (Å²) in [6.07, 6.45) is 12.4. The van der Waals surface area contributed by atoms with E-state index in [-0.39, 0.29) is 0 Å². The molecule has 0 spiro atoms. The maximum absolute atomic E-state index is 5.99. The number of hydrogen-bond donors (Lipinski definition) is 0. The van der Waals surface area contributed by atoms with Crippen LogP contribution in [0.3, 0.4) is 0 Å². The van der Waals surface area contributed by atoms with Crippen molar-refractivity contribution >= 4 is 0 Å². The van der Waals surface area contributed by atoms with Crippen molar-refractivity contribution in [2.45, 2.75) is 65.2 Å². The van der Waals surface area contributed by atoms with Crippen molar-refractivity contribution < 1.29 is 4.74 Å². The predicted octanol–water partition coefficient (Wildman–Crippen LogP) is 5.89. The average Bonchev–Trinajstić information content (AvgIpc) is 2.93. The van der Waals surface area contributed by atoms with Crippen LogP contribution in [0.4, 0.5) is 0 Å². The van der Waals surface area contributed by atoms with Crippen LogP contribution in [-0.2, 0) is 6.42 Å². The first-order chi connectivity index (χ1) is 9.85. The summed E-state index contributed by atoms with van der Waals surface area (Å²) in [4.78, 5) is 0. The molecule has 1 aliphatic rings. The van der Waals surface area contributed by atoms with E-state index in [0.717, 1.165) is 18.1 Å². The summed E-state index contributed by atoms with van der Waals surface area (Å²) in [5, 5.41) is 0. The van der Waals surface area contributed by atoms with Gasteiger partial charge in [0, 0.05) is 0 Å². The van der Waals surface area contributed by atoms with Gasteiger partial charge in [-0.2, -0.15) is 0 Å². The highest BCUT2D eigenvalue weighted by Crippen LogP contribution is 2.35. The minimum atomic E-state index is 0.773. The number of rotatable bonds is 7. The van der Waals surface area contributed by atoms with Gasteiger partial charge in [0.2, 0.25) is 0 Å². The minimum absolute atomic E-state index is 0.773. The third kappa shape index (κ3) is 4.13. The number of benzene rings is 1. The van der Waals surface area contributed by atoms with Gasteiger partial charge in [-0.1, -0.05) is 51.3 Å². The molecule has 110 valence electrons. The first-order valence-corrected chi connectivity index (χ1v) is 8.28. The lowest BCUT2D eigenvalue weighted by molar-refractivity contribution is 0.451. The molecule has 1 heteroatoms. The standard InChI is InChI=1S/C19H28O/c1-3-5-6-11-17-12-9-13-18(17)15-20-19-14-8-7-10-16(19)4-2/h7-8,10,14-15,17H,3-6,9,11-13H2,1-2H3. The molecule has 1 nitrogen and oxygen atoms in total. The van der Waals surface area contributed by atoms with Crippen LogP contribution >= 0.6 is 0 Å². The molecule has 1 aliphatic carbocycles. The molecule has 1 aromatic carbocycles. The van der Waals surface area contributed by atoms with Crippen molar-refractivity contribution in [1.82, 2.24) is 0 Å². The Kier molecular flexibility index (Phi) is 6.17. The fraction of sp³-hybridized carbons (Fsp3) is 0.579. The second-order valence-electron chi connectivity index (χ2n) is 5.86. The van der Waals surface area contributed by atoms with Crippen LogP contribution < -0.4 is 4.74 Å². The van der Waals surface area contributed by atoms with E-state index in [1.165, 1.54) is 56.1 Å². The number of allylic oxidation sites excluding steroid dienone is 1. The van der Waals surface area contributed by atoms with Gasteiger partial charge in [-0.15, -0.1) is 0 Å². The van der Waals surface area contributed by atoms with Crippen LogP contribution in [-0.4, -0.2) is 0 Å². The zero-order chi connectivity index (χ0) is 14.2. The third-order valence-electron chi connectivity index (χ3n) is 4.39. The molecule has 0 radical (unpaired) electrons. The first kappa shape index (κ1) is 15.2. The van der Waals surface area contributed by atoms with Crippen LogP contribution in [0.5, 0.6) is 5.75 Å². The maximum Gasteiger partial charge on any atom is 0.129 e. The minimum Gasteiger partial charge on any atom is -0.465 e. The summed E-state index contributed by atoms with van der Waals surface area (Å²) in [5.41, 5.74) is 2.83. The molecule has 0 aliphatic heterocycles. The Balaban J connectivity index is 1.95. The predicted molar refractivity (Wildman–Crippen MR) is 86.0 cm³/mol. The molecule has 1 aromatic rings. The topological polar surface area (TPSA) is 9.23 Å². The normalized spacial score (nSPS) is 20.5. The average molecular weight is 272 g/mol. The monoisotopic (exact) mass is 272 g/mol. The number of hydrogen-bond acceptors (Lipinski definition) is 1. The fourth-order valence-corrected chi connectivity index (χ4v) is 3.12. The van der Waals surface area contributed by atoms with Gasteiger partial charge in [-0.05, 0) is 55.2 Å². The molecule has 0 amide bonds. The van der Waals surface area contributed by atoms with E-state index in [2.05, 4.69) is 44.4 Å². The molecule has 0 aromatic heterocycles. The molecule has 0 N–H and O–H groups in total. The van der Waals surface area contributed by atoms with Gasteiger partial charge >= 0.3 is 0 Å². The van der Waals surface area contributed by atoms with Crippen molar-refractivity contribution in [3.63, 3.8) is 0 Å². The molecule has 1 unspecified atom stereocenters. The zero-order valence-corrected chi connectivity index (χ0v) is 13.0. The van der Waals surface area contributed by atoms with E-state index in [9.17, 15) is 0 Å². The van der Waals surface area contributed by atoms with Gasteiger partial charge in [0.05, 0.1) is 6.26 Å². The van der Waals surface area contributed by atoms with E-state index in [1.807, 2.05) is 0 Å². The van der Waals surface area contributed by atoms with E-state index >= 15 is 0 Å². The lowest BCUT2D eigenvalue weighted by atomic mass is 9.96. The summed E-state index contributed by atoms with van der Waals surface area (Å²) >= 11 is 0. The SMILES string of the molecule is CCCCCC1CCCC1=COc1ccccc1CC. The number of unbranched alkanes of at least 4 members (excludes halogenated alkanes) is 2. The lowest BCUT2D eigenvalue weighted by Gasteiger charge is -2.13. The van der Waals surface area contributed by atoms with E-state index in [1.54, 1.807) is 0 Å². The Labute approximate surface area is 124 Å². The molecule has 1 saturated carbocycles. The fourth-order valence-electron chi connectivity index (χ4n) is 3.12. The highest BCUT2D eigenvalue weighted by Gasteiger charge is 2.20. The molecule has 1 atom stereocenters. The lowest BCUT2D eigenvalue weighted by Crippen LogP contribution is -1.99. The Morgan fingerprint density at radius 3 is 2.85 bits per heavy atom. The summed E-state index contributed by atoms with van der Waals surface area (Å²) in [5.74, 6) is 1.80. The third-order valence-corrected chi connectivity index (χ3v) is 4.39. The van der Waals surface area contributed by atoms with Gasteiger partial charge in [0.15, 0.2) is 0 Å². The van der Waals surface area contributed by atoms with Gasteiger partial charge in [0.1, 0.15) is 5.75 Å². The van der Waals surface area contributed by atoms with Gasteiger partial charge < -0.3 is 4.74 Å². The summed E-state index contributed by atoms with van der Waals surface area (Å²) < 4.78 is 5.99. The number of para-hydroxylation sites is 1. The summed E-state index contributed by atoms with van der Waals surface area (Å²) in [7, 11) is 0. The second kappa shape index (κ2) is 8.14. The Morgan fingerprint density at radius 1 is 1.20 bits per heavy atom. The maximum atomic E-state index is 5.99. The molecular weight excluding hydrogens is 244 g/mol. The van der Waals surface area contributed by atoms with Gasteiger partial charge in [-0.25, -0.2) is 0 Å². The Morgan fingerprint density at radius 2 is 2.05 bits per heavy atom. The van der Waals surface area contributed by atoms with E-state index < -0.39 is 0 Å². The van der Waals surface area contributed by atoms with Crippen molar-refractivity contribution in [1.29, 1.82) is 0 Å². The number of aryl methyl sites for hydroxylation is 1. The van der Waals surface area contributed by atoms with E-state index in [4.69, 9.17) is 4.74 Å². The molecule has 2 rings (SSSR count). The quantitative estimate of drug-likeness (QED) is 0.444. The van der Waals surface area contributed by atoms with Crippen LogP contribution in [0, 0.1) is 5.92 Å². The smallest absolute Gasteiger partial charge is 0.129 e. The van der Waals surface area contributed by atoms with Crippen molar-refractivity contribution in [2.24, 2.45) is 5.92 Å². The van der Waals surface area contributed by atoms with Crippen molar-refractivity contribution in [3.8, 4) is 5.75 Å². The molecule has 0 bridgehead atoms. The van der Waals surface area contributed by atoms with Gasteiger partial charge in [-0.3, -0.25) is 0 Å². The molecular formula is C19H28O. The first-order valence-electron chi connectivity index (χ1n) is 8.28. The highest BCUT2D eigenvalue weighted by molar-refractivity contribution is 5.34. The van der Waals surface area contributed by atoms with Crippen molar-refractivity contribution in [2.75, 3.05) is 0 Å². The number of ether oxygens (including phenoxy) is 1. The van der Waals surface area contributed by atoms with Gasteiger partial charge in [0.25, 0.3) is 0 Å². The molecule has 20 heavy (non-hydrogen) atoms. The van der Waals surface area contributed by atoms with Crippen LogP contribution in [0.1, 0.15) is 64.4 Å². The molecule has 1 fully saturated rings. The zero-order valence-electron chi connectivity index (χ0n) is 13.0.